The molecule has 1 saturated heterocycles. The summed E-state index contributed by atoms with van der Waals surface area (Å²) in [5.41, 5.74) is 4.32. The van der Waals surface area contributed by atoms with Crippen LogP contribution in [0.25, 0.3) is 10.9 Å². The van der Waals surface area contributed by atoms with Gasteiger partial charge in [0.15, 0.2) is 17.2 Å². The summed E-state index contributed by atoms with van der Waals surface area (Å²) in [5, 5.41) is 20.6. The van der Waals surface area contributed by atoms with Gasteiger partial charge in [-0.05, 0) is 31.5 Å². The molecule has 0 spiro atoms. The predicted octanol–water partition coefficient (Wildman–Crippen LogP) is 5.68. The number of methoxy groups -OCH3 is 2. The molecule has 0 amide bonds. The van der Waals surface area contributed by atoms with Crippen molar-refractivity contribution in [2.75, 3.05) is 25.7 Å². The number of ether oxygens (including phenoxy) is 2. The molecule has 2 aromatic carbocycles. The number of hydrogen-bond acceptors (Lipinski definition) is 6. The third-order valence-electron chi connectivity index (χ3n) is 5.05. The van der Waals surface area contributed by atoms with E-state index in [9.17, 15) is 5.11 Å². The van der Waals surface area contributed by atoms with Gasteiger partial charge < -0.3 is 19.1 Å². The largest absolute Gasteiger partial charge is 0.493 e. The van der Waals surface area contributed by atoms with Crippen LogP contribution in [0.5, 0.6) is 17.4 Å². The van der Waals surface area contributed by atoms with Crippen molar-refractivity contribution in [3.63, 3.8) is 0 Å². The van der Waals surface area contributed by atoms with E-state index < -0.39 is 0 Å². The molecule has 0 bridgehead atoms. The van der Waals surface area contributed by atoms with Gasteiger partial charge in [0.05, 0.1) is 31.5 Å². The second-order valence-electron chi connectivity index (χ2n) is 6.95. The van der Waals surface area contributed by atoms with Crippen LogP contribution in [0, 0.1) is 13.8 Å². The molecule has 4 rings (SSSR count). The van der Waals surface area contributed by atoms with Gasteiger partial charge in [-0.25, -0.2) is 0 Å². The van der Waals surface area contributed by atoms with Crippen molar-refractivity contribution in [2.45, 2.75) is 19.9 Å². The Bertz CT molecular complexity index is 1070. The van der Waals surface area contributed by atoms with E-state index >= 15 is 0 Å². The summed E-state index contributed by atoms with van der Waals surface area (Å²) in [6.45, 7) is 4.05. The van der Waals surface area contributed by atoms with Crippen molar-refractivity contribution >= 4 is 34.0 Å². The van der Waals surface area contributed by atoms with E-state index in [0.29, 0.717) is 17.2 Å². The van der Waals surface area contributed by atoms with E-state index in [2.05, 4.69) is 16.3 Å². The molecule has 0 unspecified atom stereocenters. The fourth-order valence-corrected chi connectivity index (χ4v) is 4.21. The fraction of sp³-hybridized carbons (Fsp3) is 0.333. The Balaban J connectivity index is 1.89. The highest BCUT2D eigenvalue weighted by Gasteiger charge is 2.28. The second kappa shape index (κ2) is 7.39. The van der Waals surface area contributed by atoms with Gasteiger partial charge in [-0.3, -0.25) is 0 Å². The van der Waals surface area contributed by atoms with E-state index in [4.69, 9.17) is 9.47 Å². The Morgan fingerprint density at radius 1 is 1.04 bits per heavy atom. The number of nitrogens with zero attached hydrogens (tertiary/aromatic N) is 3. The number of aromatic nitrogens is 1. The average molecular weight is 398 g/mol. The van der Waals surface area contributed by atoms with E-state index in [0.717, 1.165) is 33.7 Å². The summed E-state index contributed by atoms with van der Waals surface area (Å²) in [4.78, 5) is 0. The number of benzene rings is 2. The lowest BCUT2D eigenvalue weighted by Crippen LogP contribution is -2.22. The van der Waals surface area contributed by atoms with E-state index in [1.165, 1.54) is 5.56 Å². The lowest BCUT2D eigenvalue weighted by Gasteiger charge is -2.28. The highest BCUT2D eigenvalue weighted by atomic mass is 32.2. The zero-order chi connectivity index (χ0) is 19.8. The number of fused-ring (bicyclic) bond motifs is 1. The minimum absolute atomic E-state index is 0.129. The molecule has 0 radical (unpaired) electrons. The van der Waals surface area contributed by atoms with Crippen molar-refractivity contribution in [3.05, 3.63) is 41.5 Å². The van der Waals surface area contributed by atoms with Crippen LogP contribution in [-0.4, -0.2) is 35.4 Å². The number of hydrogen-bond donors (Lipinski definition) is 1. The number of aryl methyl sites for hydroxylation is 2. The van der Waals surface area contributed by atoms with Gasteiger partial charge in [-0.1, -0.05) is 17.7 Å². The zero-order valence-electron chi connectivity index (χ0n) is 16.4. The van der Waals surface area contributed by atoms with E-state index in [1.54, 1.807) is 14.2 Å². The molecule has 0 saturated carbocycles. The van der Waals surface area contributed by atoms with Crippen LogP contribution in [0.1, 0.15) is 17.2 Å². The van der Waals surface area contributed by atoms with Gasteiger partial charge in [-0.2, -0.15) is 16.9 Å². The Labute approximate surface area is 168 Å². The summed E-state index contributed by atoms with van der Waals surface area (Å²) in [6, 6.07) is 9.99. The minimum atomic E-state index is 0.129. The SMILES string of the molecule is COc1cc2c(N=Nc3ccc(C)cc3C)c(O)n(C3CSC3)c2cc1OC. The topological polar surface area (TPSA) is 68.3 Å². The Morgan fingerprint density at radius 2 is 1.75 bits per heavy atom. The van der Waals surface area contributed by atoms with Gasteiger partial charge in [-0.15, -0.1) is 5.11 Å². The molecule has 3 aromatic rings. The fourth-order valence-electron chi connectivity index (χ4n) is 3.47. The molecule has 1 fully saturated rings. The van der Waals surface area contributed by atoms with Crippen LogP contribution in [0.4, 0.5) is 11.4 Å². The monoisotopic (exact) mass is 397 g/mol. The van der Waals surface area contributed by atoms with Gasteiger partial charge in [0.1, 0.15) is 0 Å². The van der Waals surface area contributed by atoms with Crippen molar-refractivity contribution in [3.8, 4) is 17.4 Å². The third kappa shape index (κ3) is 3.09. The third-order valence-corrected chi connectivity index (χ3v) is 6.29. The predicted molar refractivity (Wildman–Crippen MR) is 113 cm³/mol. The molecule has 146 valence electrons. The molecule has 1 aliphatic heterocycles. The van der Waals surface area contributed by atoms with Crippen LogP contribution < -0.4 is 9.47 Å². The van der Waals surface area contributed by atoms with Gasteiger partial charge in [0, 0.05) is 23.0 Å². The van der Waals surface area contributed by atoms with Crippen LogP contribution in [0.2, 0.25) is 0 Å². The molecule has 2 heterocycles. The molecule has 0 aliphatic carbocycles. The van der Waals surface area contributed by atoms with Gasteiger partial charge in [0.2, 0.25) is 5.88 Å². The minimum Gasteiger partial charge on any atom is -0.493 e. The van der Waals surface area contributed by atoms with Gasteiger partial charge in [0.25, 0.3) is 0 Å². The number of thioether (sulfide) groups is 1. The maximum Gasteiger partial charge on any atom is 0.221 e. The van der Waals surface area contributed by atoms with Crippen molar-refractivity contribution < 1.29 is 14.6 Å². The molecule has 1 N–H and O–H groups in total. The first-order valence-electron chi connectivity index (χ1n) is 9.09. The maximum absolute atomic E-state index is 11.0. The van der Waals surface area contributed by atoms with E-state index in [-0.39, 0.29) is 11.9 Å². The van der Waals surface area contributed by atoms with Crippen LogP contribution >= 0.6 is 11.8 Å². The first kappa shape index (κ1) is 18.7. The molecule has 1 aromatic heterocycles. The highest BCUT2D eigenvalue weighted by Crippen LogP contribution is 2.48. The first-order chi connectivity index (χ1) is 13.5. The zero-order valence-corrected chi connectivity index (χ0v) is 17.2. The normalized spacial score (nSPS) is 14.6. The molecular formula is C21H23N3O3S. The molecule has 0 atom stereocenters. The van der Waals surface area contributed by atoms with Crippen molar-refractivity contribution in [1.29, 1.82) is 0 Å². The number of azo groups is 1. The summed E-state index contributed by atoms with van der Waals surface area (Å²) in [6.07, 6.45) is 0. The lowest BCUT2D eigenvalue weighted by molar-refractivity contribution is 0.355. The molecular weight excluding hydrogens is 374 g/mol. The Kier molecular flexibility index (Phi) is 4.93. The van der Waals surface area contributed by atoms with Crippen LogP contribution in [-0.2, 0) is 0 Å². The van der Waals surface area contributed by atoms with Crippen LogP contribution in [0.3, 0.4) is 0 Å². The average Bonchev–Trinajstić information content (AvgIpc) is 2.90. The molecule has 1 aliphatic rings. The van der Waals surface area contributed by atoms with Crippen molar-refractivity contribution in [2.24, 2.45) is 10.2 Å². The summed E-state index contributed by atoms with van der Waals surface area (Å²) in [7, 11) is 3.21. The quantitative estimate of drug-likeness (QED) is 0.562. The Morgan fingerprint density at radius 3 is 2.36 bits per heavy atom. The summed E-state index contributed by atoms with van der Waals surface area (Å²) >= 11 is 1.86. The standard InChI is InChI=1S/C21H23N3O3S/c1-12-5-6-16(13(2)7-12)22-23-20-15-8-18(26-3)19(27-4)9-17(15)24(21(20)25)14-10-28-11-14/h5-9,14,25H,10-11H2,1-4H3. The van der Waals surface area contributed by atoms with Crippen LogP contribution in [0.15, 0.2) is 40.6 Å². The Hall–Kier alpha value is -2.67. The molecule has 6 nitrogen and oxygen atoms in total. The van der Waals surface area contributed by atoms with Crippen molar-refractivity contribution in [1.82, 2.24) is 4.57 Å². The number of rotatable bonds is 5. The van der Waals surface area contributed by atoms with Gasteiger partial charge >= 0.3 is 0 Å². The summed E-state index contributed by atoms with van der Waals surface area (Å²) in [5.74, 6) is 3.26. The second-order valence-corrected chi connectivity index (χ2v) is 8.02. The molecule has 28 heavy (non-hydrogen) atoms. The molecule has 7 heteroatoms. The maximum atomic E-state index is 11.0. The number of aromatic hydroxyl groups is 1. The summed E-state index contributed by atoms with van der Waals surface area (Å²) < 4.78 is 12.8. The van der Waals surface area contributed by atoms with E-state index in [1.807, 2.05) is 54.4 Å². The smallest absolute Gasteiger partial charge is 0.221 e. The highest BCUT2D eigenvalue weighted by molar-refractivity contribution is 8.00. The first-order valence-corrected chi connectivity index (χ1v) is 10.2. The lowest BCUT2D eigenvalue weighted by atomic mass is 10.1.